The second-order valence-corrected chi connectivity index (χ2v) is 7.84. The van der Waals surface area contributed by atoms with Crippen molar-refractivity contribution in [3.63, 3.8) is 0 Å². The maximum Gasteiger partial charge on any atom is 0.280 e. The lowest BCUT2D eigenvalue weighted by Gasteiger charge is -2.31. The van der Waals surface area contributed by atoms with E-state index in [0.29, 0.717) is 13.1 Å². The van der Waals surface area contributed by atoms with Gasteiger partial charge in [0.25, 0.3) is 10.2 Å². The molecule has 0 aromatic heterocycles. The molecule has 2 aliphatic heterocycles. The van der Waals surface area contributed by atoms with Crippen LogP contribution in [0.3, 0.4) is 0 Å². The standard InChI is InChI=1S/C13H19N3O2S2/c17-20(18,16-8-6-14-7-9-16)15-12-5-10-19-13-4-2-1-3-11(12)13/h1-4,12,14-15H,5-10H2. The summed E-state index contributed by atoms with van der Waals surface area (Å²) < 4.78 is 29.3. The molecule has 0 aliphatic carbocycles. The number of rotatable bonds is 3. The molecular weight excluding hydrogens is 294 g/mol. The minimum atomic E-state index is -3.39. The van der Waals surface area contributed by atoms with Crippen molar-refractivity contribution in [1.82, 2.24) is 14.3 Å². The van der Waals surface area contributed by atoms with Gasteiger partial charge in [-0.2, -0.15) is 17.4 Å². The molecule has 0 spiro atoms. The van der Waals surface area contributed by atoms with Crippen molar-refractivity contribution in [2.45, 2.75) is 17.4 Å². The fourth-order valence-electron chi connectivity index (χ4n) is 2.60. The third-order valence-electron chi connectivity index (χ3n) is 3.67. The van der Waals surface area contributed by atoms with Crippen LogP contribution in [0.2, 0.25) is 0 Å². The molecule has 0 bridgehead atoms. The van der Waals surface area contributed by atoms with Gasteiger partial charge in [0.2, 0.25) is 0 Å². The number of benzene rings is 1. The van der Waals surface area contributed by atoms with E-state index in [1.165, 1.54) is 9.20 Å². The van der Waals surface area contributed by atoms with E-state index in [1.807, 2.05) is 18.2 Å². The monoisotopic (exact) mass is 313 g/mol. The number of nitrogens with zero attached hydrogens (tertiary/aromatic N) is 1. The zero-order valence-corrected chi connectivity index (χ0v) is 12.8. The van der Waals surface area contributed by atoms with Gasteiger partial charge in [0.15, 0.2) is 0 Å². The smallest absolute Gasteiger partial charge is 0.280 e. The highest BCUT2D eigenvalue weighted by molar-refractivity contribution is 7.99. The molecule has 1 atom stereocenters. The second kappa shape index (κ2) is 6.03. The van der Waals surface area contributed by atoms with Crippen molar-refractivity contribution in [3.8, 4) is 0 Å². The summed E-state index contributed by atoms with van der Waals surface area (Å²) in [6, 6.07) is 7.94. The Balaban J connectivity index is 1.78. The summed E-state index contributed by atoms with van der Waals surface area (Å²) in [4.78, 5) is 1.19. The summed E-state index contributed by atoms with van der Waals surface area (Å²) in [5.41, 5.74) is 1.10. The Morgan fingerprint density at radius 3 is 2.80 bits per heavy atom. The molecule has 1 fully saturated rings. The van der Waals surface area contributed by atoms with E-state index >= 15 is 0 Å². The van der Waals surface area contributed by atoms with Gasteiger partial charge in [-0.25, -0.2) is 0 Å². The molecule has 5 nitrogen and oxygen atoms in total. The normalized spacial score (nSPS) is 24.3. The molecule has 1 aromatic rings. The highest BCUT2D eigenvalue weighted by atomic mass is 32.2. The van der Waals surface area contributed by atoms with Gasteiger partial charge in [-0.15, -0.1) is 11.8 Å². The van der Waals surface area contributed by atoms with E-state index in [9.17, 15) is 8.42 Å². The van der Waals surface area contributed by atoms with Crippen LogP contribution >= 0.6 is 11.8 Å². The van der Waals surface area contributed by atoms with Crippen LogP contribution in [0.1, 0.15) is 18.0 Å². The summed E-state index contributed by atoms with van der Waals surface area (Å²) >= 11 is 1.80. The van der Waals surface area contributed by atoms with Crippen molar-refractivity contribution in [1.29, 1.82) is 0 Å². The van der Waals surface area contributed by atoms with Crippen molar-refractivity contribution >= 4 is 22.0 Å². The Bertz CT molecular complexity index is 571. The van der Waals surface area contributed by atoms with Gasteiger partial charge in [0, 0.05) is 37.1 Å². The van der Waals surface area contributed by atoms with Crippen LogP contribution in [0, 0.1) is 0 Å². The van der Waals surface area contributed by atoms with E-state index in [-0.39, 0.29) is 6.04 Å². The largest absolute Gasteiger partial charge is 0.314 e. The van der Waals surface area contributed by atoms with Crippen LogP contribution < -0.4 is 10.0 Å². The first-order chi connectivity index (χ1) is 9.67. The van der Waals surface area contributed by atoms with E-state index in [0.717, 1.165) is 30.8 Å². The van der Waals surface area contributed by atoms with Gasteiger partial charge in [-0.1, -0.05) is 18.2 Å². The summed E-state index contributed by atoms with van der Waals surface area (Å²) in [7, 11) is -3.39. The van der Waals surface area contributed by atoms with E-state index in [1.54, 1.807) is 11.8 Å². The van der Waals surface area contributed by atoms with E-state index in [4.69, 9.17) is 0 Å². The number of thioether (sulfide) groups is 1. The summed E-state index contributed by atoms with van der Waals surface area (Å²) in [6.45, 7) is 2.52. The number of fused-ring (bicyclic) bond motifs is 1. The number of piperazine rings is 1. The van der Waals surface area contributed by atoms with Gasteiger partial charge >= 0.3 is 0 Å². The van der Waals surface area contributed by atoms with Gasteiger partial charge in [-0.3, -0.25) is 0 Å². The number of hydrogen-bond acceptors (Lipinski definition) is 4. The Kier molecular flexibility index (Phi) is 4.32. The van der Waals surface area contributed by atoms with Crippen molar-refractivity contribution in [3.05, 3.63) is 29.8 Å². The quantitative estimate of drug-likeness (QED) is 0.873. The lowest BCUT2D eigenvalue weighted by atomic mass is 10.1. The third kappa shape index (κ3) is 3.01. The van der Waals surface area contributed by atoms with Gasteiger partial charge < -0.3 is 5.32 Å². The SMILES string of the molecule is O=S(=O)(NC1CCSc2ccccc21)N1CCNCC1. The molecule has 1 saturated heterocycles. The Labute approximate surface area is 124 Å². The lowest BCUT2D eigenvalue weighted by molar-refractivity contribution is 0.350. The summed E-state index contributed by atoms with van der Waals surface area (Å²) in [5.74, 6) is 0.950. The Morgan fingerprint density at radius 1 is 1.25 bits per heavy atom. The lowest BCUT2D eigenvalue weighted by Crippen LogP contribution is -2.51. The highest BCUT2D eigenvalue weighted by Gasteiger charge is 2.29. The van der Waals surface area contributed by atoms with E-state index < -0.39 is 10.2 Å². The van der Waals surface area contributed by atoms with Crippen LogP contribution in [0.25, 0.3) is 0 Å². The minimum Gasteiger partial charge on any atom is -0.314 e. The fourth-order valence-corrected chi connectivity index (χ4v) is 5.15. The molecule has 1 aromatic carbocycles. The molecule has 0 amide bonds. The molecule has 2 heterocycles. The zero-order chi connectivity index (χ0) is 14.0. The number of nitrogens with one attached hydrogen (secondary N) is 2. The average Bonchev–Trinajstić information content (AvgIpc) is 2.48. The molecule has 2 aliphatic rings. The number of hydrogen-bond donors (Lipinski definition) is 2. The van der Waals surface area contributed by atoms with Crippen LogP contribution in [-0.4, -0.2) is 44.7 Å². The van der Waals surface area contributed by atoms with E-state index in [2.05, 4.69) is 16.1 Å². The zero-order valence-electron chi connectivity index (χ0n) is 11.2. The highest BCUT2D eigenvalue weighted by Crippen LogP contribution is 2.36. The molecular formula is C13H19N3O2S2. The maximum atomic E-state index is 12.4. The maximum absolute atomic E-state index is 12.4. The molecule has 0 saturated carbocycles. The minimum absolute atomic E-state index is 0.104. The van der Waals surface area contributed by atoms with Crippen molar-refractivity contribution < 1.29 is 8.42 Å². The molecule has 0 radical (unpaired) electrons. The molecule has 3 rings (SSSR count). The summed E-state index contributed by atoms with van der Waals surface area (Å²) in [5, 5.41) is 3.17. The van der Waals surface area contributed by atoms with Gasteiger partial charge in [-0.05, 0) is 23.8 Å². The van der Waals surface area contributed by atoms with Crippen molar-refractivity contribution in [2.24, 2.45) is 0 Å². The topological polar surface area (TPSA) is 61.4 Å². The molecule has 20 heavy (non-hydrogen) atoms. The molecule has 7 heteroatoms. The van der Waals surface area contributed by atoms with Crippen LogP contribution in [0.4, 0.5) is 0 Å². The second-order valence-electron chi connectivity index (χ2n) is 5.00. The summed E-state index contributed by atoms with van der Waals surface area (Å²) in [6.07, 6.45) is 0.840. The average molecular weight is 313 g/mol. The van der Waals surface area contributed by atoms with Gasteiger partial charge in [0.05, 0.1) is 0 Å². The predicted octanol–water partition coefficient (Wildman–Crippen LogP) is 0.963. The predicted molar refractivity (Wildman–Crippen MR) is 81.0 cm³/mol. The molecule has 1 unspecified atom stereocenters. The fraction of sp³-hybridized carbons (Fsp3) is 0.538. The van der Waals surface area contributed by atoms with Crippen molar-refractivity contribution in [2.75, 3.05) is 31.9 Å². The van der Waals surface area contributed by atoms with Gasteiger partial charge in [0.1, 0.15) is 0 Å². The van der Waals surface area contributed by atoms with Crippen LogP contribution in [0.15, 0.2) is 29.2 Å². The third-order valence-corrected chi connectivity index (χ3v) is 6.42. The van der Waals surface area contributed by atoms with Crippen LogP contribution in [-0.2, 0) is 10.2 Å². The molecule has 2 N–H and O–H groups in total. The first-order valence-corrected chi connectivity index (χ1v) is 9.29. The molecule has 110 valence electrons. The van der Waals surface area contributed by atoms with Crippen LogP contribution in [0.5, 0.6) is 0 Å². The Morgan fingerprint density at radius 2 is 2.00 bits per heavy atom. The first-order valence-electron chi connectivity index (χ1n) is 6.87. The first kappa shape index (κ1) is 14.3. The Hall–Kier alpha value is -0.600.